The second-order valence-electron chi connectivity index (χ2n) is 0.971. The SMILES string of the molecule is C[PH](O)(O)O.[Mn]. The van der Waals surface area contributed by atoms with Gasteiger partial charge in [0.1, 0.15) is 0 Å². The maximum Gasteiger partial charge on any atom is 0 e. The van der Waals surface area contributed by atoms with Gasteiger partial charge in [0, 0.05) is 17.1 Å². The molecule has 0 unspecified atom stereocenters. The smallest absolute Gasteiger partial charge is 0 e. The van der Waals surface area contributed by atoms with E-state index in [9.17, 15) is 0 Å². The maximum atomic E-state index is 7.77. The average Bonchev–Trinajstić information content (AvgIpc) is 0.722. The third-order valence-corrected chi connectivity index (χ3v) is 0. The summed E-state index contributed by atoms with van der Waals surface area (Å²) in [7, 11) is -3.61. The first kappa shape index (κ1) is 9.95. The van der Waals surface area contributed by atoms with E-state index in [2.05, 4.69) is 0 Å². The van der Waals surface area contributed by atoms with Crippen LogP contribution in [0.15, 0.2) is 0 Å². The standard InChI is InChI=1S/CH7O3P.Mn/c1-5(2,3)4;/h2-5H,1H3;. The Morgan fingerprint density at radius 2 is 1.17 bits per heavy atom. The summed E-state index contributed by atoms with van der Waals surface area (Å²) in [5.41, 5.74) is 0. The monoisotopic (exact) mass is 153 g/mol. The summed E-state index contributed by atoms with van der Waals surface area (Å²) in [4.78, 5) is 23.3. The molecule has 41 valence electrons. The van der Waals surface area contributed by atoms with Crippen LogP contribution >= 0.6 is 7.94 Å². The fraction of sp³-hybridized carbons (Fsp3) is 1.00. The Hall–Kier alpha value is 0.829. The topological polar surface area (TPSA) is 60.7 Å². The Kier molecular flexibility index (Phi) is 4.83. The summed E-state index contributed by atoms with van der Waals surface area (Å²) >= 11 is 0. The molecule has 3 nitrogen and oxygen atoms in total. The van der Waals surface area contributed by atoms with Crippen molar-refractivity contribution in [2.24, 2.45) is 0 Å². The van der Waals surface area contributed by atoms with Crippen LogP contribution in [-0.2, 0) is 17.1 Å². The van der Waals surface area contributed by atoms with Gasteiger partial charge in [0.05, 0.1) is 0 Å². The number of rotatable bonds is 0. The summed E-state index contributed by atoms with van der Waals surface area (Å²) in [5, 5.41) is 0. The molecule has 0 heterocycles. The van der Waals surface area contributed by atoms with Crippen molar-refractivity contribution in [3.8, 4) is 0 Å². The zero-order valence-electron chi connectivity index (χ0n) is 3.22. The molecule has 5 heteroatoms. The fourth-order valence-corrected chi connectivity index (χ4v) is 0. The minimum absolute atomic E-state index is 0. The predicted octanol–water partition coefficient (Wildman–Crippen LogP) is -0.915. The van der Waals surface area contributed by atoms with Gasteiger partial charge in [0.2, 0.25) is 0 Å². The van der Waals surface area contributed by atoms with Gasteiger partial charge in [0.15, 0.2) is 0 Å². The van der Waals surface area contributed by atoms with Gasteiger partial charge in [-0.05, 0) is 0 Å². The first-order chi connectivity index (χ1) is 2.00. The van der Waals surface area contributed by atoms with Gasteiger partial charge in [-0.2, -0.15) is 0 Å². The third-order valence-electron chi connectivity index (χ3n) is 0. The summed E-state index contributed by atoms with van der Waals surface area (Å²) in [6.07, 6.45) is 0. The molecule has 0 aromatic carbocycles. The Balaban J connectivity index is 0. The molecule has 0 bridgehead atoms. The van der Waals surface area contributed by atoms with Crippen molar-refractivity contribution in [2.75, 3.05) is 6.66 Å². The van der Waals surface area contributed by atoms with Crippen LogP contribution < -0.4 is 0 Å². The molecule has 0 amide bonds. The Bertz CT molecular complexity index is 26.3. The number of hydrogen-bond acceptors (Lipinski definition) is 3. The summed E-state index contributed by atoms with van der Waals surface area (Å²) in [5.74, 6) is 0. The van der Waals surface area contributed by atoms with E-state index in [0.29, 0.717) is 0 Å². The van der Waals surface area contributed by atoms with E-state index in [-0.39, 0.29) is 17.1 Å². The molecule has 3 N–H and O–H groups in total. The molecule has 0 rings (SSSR count). The van der Waals surface area contributed by atoms with Crippen molar-refractivity contribution in [2.45, 2.75) is 0 Å². The van der Waals surface area contributed by atoms with Crippen molar-refractivity contribution in [3.05, 3.63) is 0 Å². The van der Waals surface area contributed by atoms with Crippen molar-refractivity contribution in [3.63, 3.8) is 0 Å². The molecule has 0 saturated carbocycles. The van der Waals surface area contributed by atoms with Crippen molar-refractivity contribution >= 4 is 7.94 Å². The molecule has 0 aromatic rings. The molecule has 0 saturated heterocycles. The first-order valence-corrected chi connectivity index (χ1v) is 3.51. The molecule has 1 radical (unpaired) electrons. The molecule has 0 atom stereocenters. The van der Waals surface area contributed by atoms with E-state index in [4.69, 9.17) is 14.7 Å². The van der Waals surface area contributed by atoms with Gasteiger partial charge in [-0.25, -0.2) is 0 Å². The Morgan fingerprint density at radius 1 is 1.17 bits per heavy atom. The molecule has 0 aliphatic heterocycles. The van der Waals surface area contributed by atoms with E-state index in [1.807, 2.05) is 0 Å². The van der Waals surface area contributed by atoms with Crippen LogP contribution in [-0.4, -0.2) is 21.3 Å². The van der Waals surface area contributed by atoms with Crippen LogP contribution in [0.2, 0.25) is 0 Å². The van der Waals surface area contributed by atoms with Gasteiger partial charge < -0.3 is 0 Å². The molecule has 0 aliphatic carbocycles. The first-order valence-electron chi connectivity index (χ1n) is 1.17. The van der Waals surface area contributed by atoms with Crippen LogP contribution in [0.1, 0.15) is 0 Å². The third kappa shape index (κ3) is 103. The van der Waals surface area contributed by atoms with Crippen LogP contribution in [0.5, 0.6) is 0 Å². The minimum atomic E-state index is -3.61. The molecule has 0 aliphatic rings. The molecule has 0 aromatic heterocycles. The Morgan fingerprint density at radius 3 is 1.17 bits per heavy atom. The van der Waals surface area contributed by atoms with Gasteiger partial charge in [-0.1, -0.05) is 0 Å². The summed E-state index contributed by atoms with van der Waals surface area (Å²) < 4.78 is 0. The maximum absolute atomic E-state index is 7.77. The van der Waals surface area contributed by atoms with Gasteiger partial charge in [-0.15, -0.1) is 0 Å². The average molecular weight is 153 g/mol. The molecular weight excluding hydrogens is 146 g/mol. The normalized spacial score (nSPS) is 12.7. The van der Waals surface area contributed by atoms with E-state index in [1.165, 1.54) is 0 Å². The van der Waals surface area contributed by atoms with Crippen LogP contribution in [0.3, 0.4) is 0 Å². The van der Waals surface area contributed by atoms with Gasteiger partial charge >= 0.3 is 29.3 Å². The second kappa shape index (κ2) is 2.92. The van der Waals surface area contributed by atoms with Crippen LogP contribution in [0, 0.1) is 0 Å². The van der Waals surface area contributed by atoms with Gasteiger partial charge in [-0.3, -0.25) is 0 Å². The predicted molar refractivity (Wildman–Crippen MR) is 20.9 cm³/mol. The van der Waals surface area contributed by atoms with Crippen molar-refractivity contribution in [1.82, 2.24) is 0 Å². The zero-order valence-corrected chi connectivity index (χ0v) is 5.40. The largest absolute Gasteiger partial charge is 0 e. The fourth-order valence-electron chi connectivity index (χ4n) is 0. The van der Waals surface area contributed by atoms with E-state index >= 15 is 0 Å². The summed E-state index contributed by atoms with van der Waals surface area (Å²) in [6, 6.07) is 0. The van der Waals surface area contributed by atoms with E-state index in [1.54, 1.807) is 0 Å². The molecule has 0 fully saturated rings. The minimum Gasteiger partial charge on any atom is 0 e. The van der Waals surface area contributed by atoms with Crippen molar-refractivity contribution < 1.29 is 31.7 Å². The van der Waals surface area contributed by atoms with Crippen molar-refractivity contribution in [1.29, 1.82) is 0 Å². The van der Waals surface area contributed by atoms with Crippen LogP contribution in [0.4, 0.5) is 0 Å². The molecule has 6 heavy (non-hydrogen) atoms. The zero-order chi connectivity index (χ0) is 4.50. The molecule has 0 spiro atoms. The number of hydrogen-bond donors (Lipinski definition) is 3. The summed E-state index contributed by atoms with van der Waals surface area (Å²) in [6.45, 7) is 0.993. The Labute approximate surface area is 47.1 Å². The van der Waals surface area contributed by atoms with Gasteiger partial charge in [0.25, 0.3) is 0 Å². The van der Waals surface area contributed by atoms with E-state index < -0.39 is 7.94 Å². The quantitative estimate of drug-likeness (QED) is 0.311. The van der Waals surface area contributed by atoms with E-state index in [0.717, 1.165) is 6.66 Å². The molecular formula is CH7MnO3P. The second-order valence-corrected chi connectivity index (χ2v) is 2.91. The van der Waals surface area contributed by atoms with Crippen LogP contribution in [0.25, 0.3) is 0 Å².